The first-order chi connectivity index (χ1) is 12.5. The van der Waals surface area contributed by atoms with Gasteiger partial charge in [-0.25, -0.2) is 13.1 Å². The monoisotopic (exact) mass is 378 g/mol. The highest BCUT2D eigenvalue weighted by Gasteiger charge is 2.20. The van der Waals surface area contributed by atoms with E-state index in [0.29, 0.717) is 5.92 Å². The highest BCUT2D eigenvalue weighted by molar-refractivity contribution is 7.89. The SMILES string of the molecule is O=C(CNS(=O)(=O)c1ccc(C2CCCCC2)cc1)NC1CCCCC1. The highest BCUT2D eigenvalue weighted by Crippen LogP contribution is 2.32. The molecular formula is C20H30N2O3S. The van der Waals surface area contributed by atoms with Crippen molar-refractivity contribution in [3.63, 3.8) is 0 Å². The van der Waals surface area contributed by atoms with Crippen LogP contribution in [0.15, 0.2) is 29.2 Å². The zero-order valence-electron chi connectivity index (χ0n) is 15.4. The van der Waals surface area contributed by atoms with E-state index in [4.69, 9.17) is 0 Å². The molecule has 6 heteroatoms. The number of carbonyl (C=O) groups is 1. The van der Waals surface area contributed by atoms with Crippen molar-refractivity contribution in [2.75, 3.05) is 6.54 Å². The maximum absolute atomic E-state index is 12.4. The molecule has 3 rings (SSSR count). The van der Waals surface area contributed by atoms with E-state index in [1.807, 2.05) is 12.1 Å². The Morgan fingerprint density at radius 3 is 2.08 bits per heavy atom. The van der Waals surface area contributed by atoms with Gasteiger partial charge in [0, 0.05) is 6.04 Å². The van der Waals surface area contributed by atoms with Gasteiger partial charge in [-0.15, -0.1) is 0 Å². The number of sulfonamides is 1. The van der Waals surface area contributed by atoms with Crippen LogP contribution in [-0.4, -0.2) is 26.9 Å². The number of rotatable bonds is 6. The minimum Gasteiger partial charge on any atom is -0.352 e. The van der Waals surface area contributed by atoms with E-state index < -0.39 is 10.0 Å². The second-order valence-electron chi connectivity index (χ2n) is 7.63. The van der Waals surface area contributed by atoms with Crippen LogP contribution < -0.4 is 10.0 Å². The third-order valence-electron chi connectivity index (χ3n) is 5.66. The third kappa shape index (κ3) is 5.30. The molecule has 2 saturated carbocycles. The van der Waals surface area contributed by atoms with Gasteiger partial charge < -0.3 is 5.32 Å². The van der Waals surface area contributed by atoms with Gasteiger partial charge in [0.25, 0.3) is 0 Å². The Bertz CT molecular complexity index is 688. The number of carbonyl (C=O) groups excluding carboxylic acids is 1. The van der Waals surface area contributed by atoms with Crippen LogP contribution in [0.5, 0.6) is 0 Å². The smallest absolute Gasteiger partial charge is 0.241 e. The minimum absolute atomic E-state index is 0.190. The first kappa shape index (κ1) is 19.4. The Morgan fingerprint density at radius 2 is 1.46 bits per heavy atom. The van der Waals surface area contributed by atoms with Crippen molar-refractivity contribution in [1.82, 2.24) is 10.0 Å². The number of benzene rings is 1. The molecule has 2 aliphatic rings. The van der Waals surface area contributed by atoms with Crippen LogP contribution in [-0.2, 0) is 14.8 Å². The molecule has 1 aromatic carbocycles. The lowest BCUT2D eigenvalue weighted by Gasteiger charge is -2.23. The van der Waals surface area contributed by atoms with Crippen molar-refractivity contribution in [1.29, 1.82) is 0 Å². The Hall–Kier alpha value is -1.40. The van der Waals surface area contributed by atoms with E-state index in [-0.39, 0.29) is 23.4 Å². The summed E-state index contributed by atoms with van der Waals surface area (Å²) in [5.74, 6) is 0.300. The second kappa shape index (κ2) is 9.00. The molecular weight excluding hydrogens is 348 g/mol. The summed E-state index contributed by atoms with van der Waals surface area (Å²) >= 11 is 0. The summed E-state index contributed by atoms with van der Waals surface area (Å²) < 4.78 is 27.3. The minimum atomic E-state index is -3.65. The number of nitrogens with one attached hydrogen (secondary N) is 2. The van der Waals surface area contributed by atoms with Gasteiger partial charge in [-0.3, -0.25) is 4.79 Å². The standard InChI is InChI=1S/C20H30N2O3S/c23-20(22-18-9-5-2-6-10-18)15-21-26(24,25)19-13-11-17(12-14-19)16-7-3-1-4-8-16/h11-14,16,18,21H,1-10,15H2,(H,22,23). The summed E-state index contributed by atoms with van der Waals surface area (Å²) in [6.45, 7) is -0.205. The lowest BCUT2D eigenvalue weighted by molar-refractivity contribution is -0.120. The molecule has 0 atom stereocenters. The predicted molar refractivity (Wildman–Crippen MR) is 102 cm³/mol. The second-order valence-corrected chi connectivity index (χ2v) is 9.40. The zero-order valence-corrected chi connectivity index (χ0v) is 16.2. The first-order valence-corrected chi connectivity index (χ1v) is 11.4. The Kier molecular flexibility index (Phi) is 6.70. The van der Waals surface area contributed by atoms with Crippen LogP contribution in [0.4, 0.5) is 0 Å². The van der Waals surface area contributed by atoms with Crippen LogP contribution in [0.2, 0.25) is 0 Å². The summed E-state index contributed by atoms with van der Waals surface area (Å²) in [6, 6.07) is 7.35. The van der Waals surface area contributed by atoms with Crippen LogP contribution in [0.3, 0.4) is 0 Å². The van der Waals surface area contributed by atoms with Crippen molar-refractivity contribution < 1.29 is 13.2 Å². The summed E-state index contributed by atoms with van der Waals surface area (Å²) in [6.07, 6.45) is 11.6. The number of hydrogen-bond donors (Lipinski definition) is 2. The van der Waals surface area contributed by atoms with Gasteiger partial charge in [-0.1, -0.05) is 50.7 Å². The molecule has 2 aliphatic carbocycles. The van der Waals surface area contributed by atoms with Gasteiger partial charge in [0.1, 0.15) is 0 Å². The lowest BCUT2D eigenvalue weighted by Crippen LogP contribution is -2.42. The predicted octanol–water partition coefficient (Wildman–Crippen LogP) is 3.46. The number of amides is 1. The van der Waals surface area contributed by atoms with E-state index in [2.05, 4.69) is 10.0 Å². The Morgan fingerprint density at radius 1 is 0.885 bits per heavy atom. The van der Waals surface area contributed by atoms with Crippen molar-refractivity contribution in [2.24, 2.45) is 0 Å². The van der Waals surface area contributed by atoms with E-state index in [9.17, 15) is 13.2 Å². The van der Waals surface area contributed by atoms with Gasteiger partial charge in [0.05, 0.1) is 11.4 Å². The molecule has 26 heavy (non-hydrogen) atoms. The molecule has 0 saturated heterocycles. The quantitative estimate of drug-likeness (QED) is 0.796. The molecule has 0 heterocycles. The van der Waals surface area contributed by atoms with Gasteiger partial charge in [-0.2, -0.15) is 0 Å². The van der Waals surface area contributed by atoms with E-state index in [1.54, 1.807) is 12.1 Å². The molecule has 0 aliphatic heterocycles. The summed E-state index contributed by atoms with van der Waals surface area (Å²) in [5.41, 5.74) is 1.22. The fourth-order valence-electron chi connectivity index (χ4n) is 4.12. The van der Waals surface area contributed by atoms with Crippen molar-refractivity contribution in [3.05, 3.63) is 29.8 Å². The van der Waals surface area contributed by atoms with Crippen LogP contribution >= 0.6 is 0 Å². The molecule has 0 aromatic heterocycles. The average Bonchev–Trinajstić information content (AvgIpc) is 2.68. The van der Waals surface area contributed by atoms with Crippen LogP contribution in [0.1, 0.15) is 75.7 Å². The summed E-state index contributed by atoms with van der Waals surface area (Å²) in [5, 5.41) is 2.93. The third-order valence-corrected chi connectivity index (χ3v) is 7.08. The lowest BCUT2D eigenvalue weighted by atomic mass is 9.84. The van der Waals surface area contributed by atoms with E-state index in [0.717, 1.165) is 25.7 Å². The van der Waals surface area contributed by atoms with Gasteiger partial charge in [-0.05, 0) is 49.3 Å². The molecule has 2 N–H and O–H groups in total. The molecule has 5 nitrogen and oxygen atoms in total. The number of hydrogen-bond acceptors (Lipinski definition) is 3. The molecule has 2 fully saturated rings. The average molecular weight is 379 g/mol. The van der Waals surface area contributed by atoms with E-state index in [1.165, 1.54) is 44.1 Å². The Balaban J connectivity index is 1.52. The molecule has 1 aromatic rings. The maximum atomic E-state index is 12.4. The van der Waals surface area contributed by atoms with Crippen molar-refractivity contribution in [2.45, 2.75) is 81.1 Å². The van der Waals surface area contributed by atoms with Gasteiger partial charge in [0.2, 0.25) is 15.9 Å². The molecule has 0 unspecified atom stereocenters. The van der Waals surface area contributed by atoms with Crippen LogP contribution in [0.25, 0.3) is 0 Å². The highest BCUT2D eigenvalue weighted by atomic mass is 32.2. The largest absolute Gasteiger partial charge is 0.352 e. The molecule has 0 bridgehead atoms. The van der Waals surface area contributed by atoms with Gasteiger partial charge in [0.15, 0.2) is 0 Å². The van der Waals surface area contributed by atoms with E-state index >= 15 is 0 Å². The maximum Gasteiger partial charge on any atom is 0.241 e. The molecule has 0 radical (unpaired) electrons. The summed E-state index contributed by atoms with van der Waals surface area (Å²) in [7, 11) is -3.65. The molecule has 144 valence electrons. The topological polar surface area (TPSA) is 75.3 Å². The normalized spacial score (nSPS) is 20.0. The zero-order chi connectivity index (χ0) is 18.4. The van der Waals surface area contributed by atoms with Crippen LogP contribution in [0, 0.1) is 0 Å². The van der Waals surface area contributed by atoms with Gasteiger partial charge >= 0.3 is 0 Å². The fourth-order valence-corrected chi connectivity index (χ4v) is 5.11. The fraction of sp³-hybridized carbons (Fsp3) is 0.650. The molecule has 0 spiro atoms. The Labute approximate surface area is 157 Å². The molecule has 1 amide bonds. The summed E-state index contributed by atoms with van der Waals surface area (Å²) in [4.78, 5) is 12.2. The first-order valence-electron chi connectivity index (χ1n) is 9.93. The van der Waals surface area contributed by atoms with Crippen molar-refractivity contribution >= 4 is 15.9 Å². The van der Waals surface area contributed by atoms with Crippen molar-refractivity contribution in [3.8, 4) is 0 Å².